The Morgan fingerprint density at radius 1 is 1.08 bits per heavy atom. The summed E-state index contributed by atoms with van der Waals surface area (Å²) in [7, 11) is 0. The molecular formula is C25H31F2N9. The van der Waals surface area contributed by atoms with E-state index >= 15 is 4.39 Å². The Hall–Kier alpha value is -3.21. The van der Waals surface area contributed by atoms with Crippen LogP contribution in [0.2, 0.25) is 0 Å². The highest BCUT2D eigenvalue weighted by molar-refractivity contribution is 5.63. The molecule has 4 heterocycles. The molecule has 1 aromatic carbocycles. The molecule has 6 rings (SSSR count). The second kappa shape index (κ2) is 7.89. The lowest BCUT2D eigenvalue weighted by atomic mass is 9.79. The monoisotopic (exact) mass is 495 g/mol. The van der Waals surface area contributed by atoms with Gasteiger partial charge in [-0.3, -0.25) is 0 Å². The van der Waals surface area contributed by atoms with Crippen LogP contribution in [0.1, 0.15) is 77.1 Å². The smallest absolute Gasteiger partial charge is 0.229 e. The SMILES string of the molecule is CC1c2nnnn2-c2cc(Nc3ncc(F)c(NC4CC(C)(C)NC(C)(C)C4)n3)c(F)cc2C2CC12. The van der Waals surface area contributed by atoms with Crippen molar-refractivity contribution >= 4 is 17.5 Å². The molecule has 0 radical (unpaired) electrons. The van der Waals surface area contributed by atoms with Crippen molar-refractivity contribution in [2.24, 2.45) is 5.92 Å². The van der Waals surface area contributed by atoms with E-state index in [2.05, 4.69) is 76.1 Å². The molecule has 9 nitrogen and oxygen atoms in total. The van der Waals surface area contributed by atoms with Crippen LogP contribution in [-0.2, 0) is 0 Å². The molecule has 2 fully saturated rings. The zero-order valence-electron chi connectivity index (χ0n) is 21.1. The average Bonchev–Trinajstić information content (AvgIpc) is 3.43. The Morgan fingerprint density at radius 2 is 1.83 bits per heavy atom. The first-order valence-electron chi connectivity index (χ1n) is 12.5. The Labute approximate surface area is 208 Å². The summed E-state index contributed by atoms with van der Waals surface area (Å²) in [5, 5.41) is 22.0. The van der Waals surface area contributed by atoms with Crippen molar-refractivity contribution in [1.82, 2.24) is 35.5 Å². The van der Waals surface area contributed by atoms with Gasteiger partial charge in [-0.2, -0.15) is 9.67 Å². The molecule has 2 aliphatic heterocycles. The maximum atomic E-state index is 15.2. The molecule has 3 N–H and O–H groups in total. The lowest BCUT2D eigenvalue weighted by Crippen LogP contribution is -2.60. The zero-order chi connectivity index (χ0) is 25.4. The lowest BCUT2D eigenvalue weighted by Gasteiger charge is -2.46. The zero-order valence-corrected chi connectivity index (χ0v) is 21.1. The minimum Gasteiger partial charge on any atom is -0.365 e. The van der Waals surface area contributed by atoms with Crippen molar-refractivity contribution in [2.45, 2.75) is 82.8 Å². The van der Waals surface area contributed by atoms with E-state index in [-0.39, 0.29) is 46.4 Å². The van der Waals surface area contributed by atoms with Gasteiger partial charge in [0.2, 0.25) is 5.95 Å². The lowest BCUT2D eigenvalue weighted by molar-refractivity contribution is 0.170. The number of anilines is 3. The van der Waals surface area contributed by atoms with Crippen molar-refractivity contribution in [3.05, 3.63) is 41.4 Å². The Balaban J connectivity index is 1.29. The van der Waals surface area contributed by atoms with Gasteiger partial charge in [0.15, 0.2) is 17.5 Å². The van der Waals surface area contributed by atoms with Crippen molar-refractivity contribution in [1.29, 1.82) is 0 Å². The molecule has 36 heavy (non-hydrogen) atoms. The van der Waals surface area contributed by atoms with Gasteiger partial charge in [0.1, 0.15) is 5.82 Å². The molecular weight excluding hydrogens is 464 g/mol. The van der Waals surface area contributed by atoms with Gasteiger partial charge >= 0.3 is 0 Å². The van der Waals surface area contributed by atoms with Gasteiger partial charge in [0.25, 0.3) is 0 Å². The predicted octanol–water partition coefficient (Wildman–Crippen LogP) is 4.42. The Kier molecular flexibility index (Phi) is 5.09. The minimum absolute atomic E-state index is 0.0180. The van der Waals surface area contributed by atoms with Crippen LogP contribution in [0, 0.1) is 17.6 Å². The van der Waals surface area contributed by atoms with Crippen LogP contribution >= 0.6 is 0 Å². The first-order chi connectivity index (χ1) is 17.0. The third kappa shape index (κ3) is 4.08. The fraction of sp³-hybridized carbons (Fsp3) is 0.560. The van der Waals surface area contributed by atoms with Gasteiger partial charge in [-0.25, -0.2) is 13.8 Å². The van der Waals surface area contributed by atoms with Gasteiger partial charge in [0.05, 0.1) is 17.6 Å². The number of fused-ring (bicyclic) bond motifs is 5. The Bertz CT molecular complexity index is 1320. The number of hydrogen-bond acceptors (Lipinski definition) is 8. The summed E-state index contributed by atoms with van der Waals surface area (Å²) in [6.07, 6.45) is 3.70. The molecule has 0 spiro atoms. The molecule has 1 saturated heterocycles. The Morgan fingerprint density at radius 3 is 2.58 bits per heavy atom. The molecule has 0 bridgehead atoms. The fourth-order valence-electron chi connectivity index (χ4n) is 6.39. The standard InChI is InChI=1S/C25H31F2N9/c1-12-14-6-15(14)16-7-17(26)19(8-20(16)36-22(12)32-34-35-36)30-23-28-11-18(27)21(31-23)29-13-9-24(2,3)33-25(4,5)10-13/h7-8,11-15,33H,6,9-10H2,1-5H3,(H2,28,29,30,31). The van der Waals surface area contributed by atoms with Crippen molar-refractivity contribution in [3.8, 4) is 5.69 Å². The van der Waals surface area contributed by atoms with Crippen LogP contribution in [0.25, 0.3) is 5.69 Å². The quantitative estimate of drug-likeness (QED) is 0.489. The summed E-state index contributed by atoms with van der Waals surface area (Å²) in [5.74, 6) is 0.878. The van der Waals surface area contributed by atoms with E-state index in [9.17, 15) is 4.39 Å². The van der Waals surface area contributed by atoms with Crippen LogP contribution in [0.3, 0.4) is 0 Å². The maximum Gasteiger partial charge on any atom is 0.229 e. The molecule has 0 amide bonds. The highest BCUT2D eigenvalue weighted by atomic mass is 19.1. The first-order valence-corrected chi connectivity index (χ1v) is 12.5. The topological polar surface area (TPSA) is 105 Å². The third-order valence-corrected chi connectivity index (χ3v) is 7.65. The fourth-order valence-corrected chi connectivity index (χ4v) is 6.39. The minimum atomic E-state index is -0.552. The normalized spacial score (nSPS) is 25.8. The van der Waals surface area contributed by atoms with Gasteiger partial charge in [0, 0.05) is 23.0 Å². The number of benzene rings is 1. The van der Waals surface area contributed by atoms with Gasteiger partial charge in [-0.1, -0.05) is 6.92 Å². The molecule has 2 aromatic heterocycles. The predicted molar refractivity (Wildman–Crippen MR) is 132 cm³/mol. The summed E-state index contributed by atoms with van der Waals surface area (Å²) >= 11 is 0. The molecule has 1 saturated carbocycles. The number of hydrogen-bond donors (Lipinski definition) is 3. The molecule has 3 aromatic rings. The van der Waals surface area contributed by atoms with Crippen LogP contribution in [-0.4, -0.2) is 47.3 Å². The number of piperidine rings is 1. The molecule has 190 valence electrons. The van der Waals surface area contributed by atoms with Crippen LogP contribution in [0.4, 0.5) is 26.2 Å². The highest BCUT2D eigenvalue weighted by Gasteiger charge is 2.48. The number of aromatic nitrogens is 6. The largest absolute Gasteiger partial charge is 0.365 e. The van der Waals surface area contributed by atoms with E-state index < -0.39 is 11.6 Å². The molecule has 3 aliphatic rings. The molecule has 3 atom stereocenters. The second-order valence-corrected chi connectivity index (χ2v) is 11.8. The first kappa shape index (κ1) is 23.2. The highest BCUT2D eigenvalue weighted by Crippen LogP contribution is 2.58. The third-order valence-electron chi connectivity index (χ3n) is 7.65. The second-order valence-electron chi connectivity index (χ2n) is 11.8. The van der Waals surface area contributed by atoms with E-state index in [1.807, 2.05) is 0 Å². The van der Waals surface area contributed by atoms with Gasteiger partial charge in [-0.15, -0.1) is 5.10 Å². The number of halogens is 2. The van der Waals surface area contributed by atoms with E-state index in [0.717, 1.165) is 42.5 Å². The average molecular weight is 496 g/mol. The number of rotatable bonds is 4. The molecule has 1 aliphatic carbocycles. The van der Waals surface area contributed by atoms with E-state index in [4.69, 9.17) is 0 Å². The van der Waals surface area contributed by atoms with Crippen molar-refractivity contribution < 1.29 is 8.78 Å². The molecule has 11 heteroatoms. The summed E-state index contributed by atoms with van der Waals surface area (Å²) in [6, 6.07) is 3.26. The van der Waals surface area contributed by atoms with Gasteiger partial charge < -0.3 is 16.0 Å². The maximum absolute atomic E-state index is 15.2. The van der Waals surface area contributed by atoms with E-state index in [0.29, 0.717) is 5.92 Å². The summed E-state index contributed by atoms with van der Waals surface area (Å²) < 4.78 is 31.6. The molecule has 3 unspecified atom stereocenters. The van der Waals surface area contributed by atoms with Gasteiger partial charge in [-0.05, 0) is 86.9 Å². The summed E-state index contributed by atoms with van der Waals surface area (Å²) in [5.41, 5.74) is 1.61. The number of nitrogens with zero attached hydrogens (tertiary/aromatic N) is 6. The number of nitrogens with one attached hydrogen (secondary N) is 3. The van der Waals surface area contributed by atoms with E-state index in [1.54, 1.807) is 16.8 Å². The van der Waals surface area contributed by atoms with Crippen LogP contribution < -0.4 is 16.0 Å². The van der Waals surface area contributed by atoms with E-state index in [1.165, 1.54) is 0 Å². The summed E-state index contributed by atoms with van der Waals surface area (Å²) in [4.78, 5) is 8.42. The summed E-state index contributed by atoms with van der Waals surface area (Å²) in [6.45, 7) is 10.6. The van der Waals surface area contributed by atoms with Crippen molar-refractivity contribution in [2.75, 3.05) is 10.6 Å². The van der Waals surface area contributed by atoms with Crippen molar-refractivity contribution in [3.63, 3.8) is 0 Å². The van der Waals surface area contributed by atoms with Crippen LogP contribution in [0.5, 0.6) is 0 Å². The van der Waals surface area contributed by atoms with Crippen LogP contribution in [0.15, 0.2) is 18.3 Å². The number of tetrazole rings is 1.